The molecule has 1 saturated heterocycles. The summed E-state index contributed by atoms with van der Waals surface area (Å²) in [4.78, 5) is 19.6. The van der Waals surface area contributed by atoms with Crippen molar-refractivity contribution in [2.45, 2.75) is 13.5 Å². The molecule has 0 spiro atoms. The van der Waals surface area contributed by atoms with Crippen LogP contribution in [0.25, 0.3) is 11.6 Å². The Hall–Kier alpha value is -2.15. The van der Waals surface area contributed by atoms with Crippen LogP contribution in [0, 0.1) is 0 Å². The first-order chi connectivity index (χ1) is 9.72. The second-order valence-corrected chi connectivity index (χ2v) is 4.77. The lowest BCUT2D eigenvalue weighted by Gasteiger charge is -2.33. The largest absolute Gasteiger partial charge is 0.461 e. The molecule has 0 N–H and O–H groups in total. The van der Waals surface area contributed by atoms with Crippen molar-refractivity contribution in [2.24, 2.45) is 0 Å². The van der Waals surface area contributed by atoms with E-state index in [4.69, 9.17) is 8.94 Å². The van der Waals surface area contributed by atoms with E-state index in [0.717, 1.165) is 26.2 Å². The fourth-order valence-electron chi connectivity index (χ4n) is 2.24. The van der Waals surface area contributed by atoms with E-state index in [-0.39, 0.29) is 5.91 Å². The Morgan fingerprint density at radius 1 is 1.35 bits per heavy atom. The average molecular weight is 276 g/mol. The van der Waals surface area contributed by atoms with Gasteiger partial charge in [0.2, 0.25) is 17.6 Å². The molecule has 1 amide bonds. The van der Waals surface area contributed by atoms with Gasteiger partial charge in [-0.2, -0.15) is 4.98 Å². The van der Waals surface area contributed by atoms with Gasteiger partial charge in [-0.3, -0.25) is 9.69 Å². The number of piperazine rings is 1. The highest BCUT2D eigenvalue weighted by molar-refractivity contribution is 5.73. The van der Waals surface area contributed by atoms with Gasteiger partial charge in [0.1, 0.15) is 0 Å². The minimum Gasteiger partial charge on any atom is -0.461 e. The molecule has 0 saturated carbocycles. The average Bonchev–Trinajstić information content (AvgIpc) is 3.09. The normalized spacial score (nSPS) is 16.6. The van der Waals surface area contributed by atoms with E-state index in [1.54, 1.807) is 25.3 Å². The first-order valence-electron chi connectivity index (χ1n) is 6.57. The Morgan fingerprint density at radius 2 is 2.15 bits per heavy atom. The van der Waals surface area contributed by atoms with Crippen LogP contribution in [0.4, 0.5) is 0 Å². The van der Waals surface area contributed by atoms with E-state index in [0.29, 0.717) is 24.0 Å². The van der Waals surface area contributed by atoms with Crippen LogP contribution in [0.1, 0.15) is 12.8 Å². The Kier molecular flexibility index (Phi) is 3.51. The third-order valence-corrected chi connectivity index (χ3v) is 3.39. The standard InChI is InChI=1S/C13H16N4O3/c1-10(18)17-6-4-16(5-7-17)9-12-14-13(15-20-12)11-3-2-8-19-11/h2-3,8H,4-7,9H2,1H3. The molecule has 106 valence electrons. The van der Waals surface area contributed by atoms with E-state index in [1.807, 2.05) is 4.90 Å². The predicted octanol–water partition coefficient (Wildman–Crippen LogP) is 0.994. The molecular formula is C13H16N4O3. The molecule has 0 aliphatic carbocycles. The third kappa shape index (κ3) is 2.72. The molecule has 1 fully saturated rings. The fraction of sp³-hybridized carbons (Fsp3) is 0.462. The molecule has 3 rings (SSSR count). The monoisotopic (exact) mass is 276 g/mol. The molecule has 20 heavy (non-hydrogen) atoms. The first-order valence-corrected chi connectivity index (χ1v) is 6.57. The van der Waals surface area contributed by atoms with Gasteiger partial charge < -0.3 is 13.8 Å². The van der Waals surface area contributed by atoms with Gasteiger partial charge in [0.15, 0.2) is 5.76 Å². The Morgan fingerprint density at radius 3 is 2.80 bits per heavy atom. The maximum absolute atomic E-state index is 11.3. The van der Waals surface area contributed by atoms with Crippen molar-refractivity contribution in [1.82, 2.24) is 19.9 Å². The molecule has 2 aromatic rings. The minimum atomic E-state index is 0.127. The molecule has 2 aromatic heterocycles. The third-order valence-electron chi connectivity index (χ3n) is 3.39. The number of furan rings is 1. The quantitative estimate of drug-likeness (QED) is 0.832. The number of hydrogen-bond donors (Lipinski definition) is 0. The van der Waals surface area contributed by atoms with Gasteiger partial charge in [0, 0.05) is 33.1 Å². The van der Waals surface area contributed by atoms with Crippen molar-refractivity contribution in [1.29, 1.82) is 0 Å². The topological polar surface area (TPSA) is 75.6 Å². The molecule has 7 nitrogen and oxygen atoms in total. The molecule has 0 radical (unpaired) electrons. The molecular weight excluding hydrogens is 260 g/mol. The summed E-state index contributed by atoms with van der Waals surface area (Å²) in [7, 11) is 0. The summed E-state index contributed by atoms with van der Waals surface area (Å²) in [6, 6.07) is 3.58. The zero-order valence-corrected chi connectivity index (χ0v) is 11.3. The zero-order chi connectivity index (χ0) is 13.9. The molecule has 7 heteroatoms. The molecule has 1 aliphatic heterocycles. The highest BCUT2D eigenvalue weighted by atomic mass is 16.5. The van der Waals surface area contributed by atoms with Gasteiger partial charge in [-0.05, 0) is 12.1 Å². The van der Waals surface area contributed by atoms with Crippen molar-refractivity contribution >= 4 is 5.91 Å². The van der Waals surface area contributed by atoms with E-state index in [1.165, 1.54) is 0 Å². The van der Waals surface area contributed by atoms with Crippen LogP contribution in [-0.4, -0.2) is 52.0 Å². The van der Waals surface area contributed by atoms with Crippen LogP contribution < -0.4 is 0 Å². The molecule has 0 atom stereocenters. The number of carbonyl (C=O) groups excluding carboxylic acids is 1. The lowest BCUT2D eigenvalue weighted by Crippen LogP contribution is -2.47. The van der Waals surface area contributed by atoms with Crippen LogP contribution in [0.5, 0.6) is 0 Å². The Labute approximate surface area is 116 Å². The highest BCUT2D eigenvalue weighted by Gasteiger charge is 2.20. The van der Waals surface area contributed by atoms with Gasteiger partial charge in [0.05, 0.1) is 12.8 Å². The molecule has 0 aromatic carbocycles. The molecule has 1 aliphatic rings. The van der Waals surface area contributed by atoms with Gasteiger partial charge in [-0.1, -0.05) is 5.16 Å². The van der Waals surface area contributed by atoms with Gasteiger partial charge >= 0.3 is 0 Å². The van der Waals surface area contributed by atoms with E-state index in [2.05, 4.69) is 15.0 Å². The van der Waals surface area contributed by atoms with E-state index in [9.17, 15) is 4.79 Å². The number of nitrogens with zero attached hydrogens (tertiary/aromatic N) is 4. The molecule has 3 heterocycles. The summed E-state index contributed by atoms with van der Waals surface area (Å²) >= 11 is 0. The highest BCUT2D eigenvalue weighted by Crippen LogP contribution is 2.16. The maximum atomic E-state index is 11.3. The number of rotatable bonds is 3. The number of hydrogen-bond acceptors (Lipinski definition) is 6. The second-order valence-electron chi connectivity index (χ2n) is 4.77. The van der Waals surface area contributed by atoms with Crippen molar-refractivity contribution < 1.29 is 13.7 Å². The SMILES string of the molecule is CC(=O)N1CCN(Cc2nc(-c3ccco3)no2)CC1. The van der Waals surface area contributed by atoms with Crippen LogP contribution in [-0.2, 0) is 11.3 Å². The smallest absolute Gasteiger partial charge is 0.241 e. The minimum absolute atomic E-state index is 0.127. The Balaban J connectivity index is 1.58. The molecule has 0 unspecified atom stereocenters. The fourth-order valence-corrected chi connectivity index (χ4v) is 2.24. The zero-order valence-electron chi connectivity index (χ0n) is 11.3. The van der Waals surface area contributed by atoms with Crippen LogP contribution in [0.2, 0.25) is 0 Å². The van der Waals surface area contributed by atoms with Crippen LogP contribution in [0.3, 0.4) is 0 Å². The van der Waals surface area contributed by atoms with Crippen molar-refractivity contribution in [3.8, 4) is 11.6 Å². The summed E-state index contributed by atoms with van der Waals surface area (Å²) in [5.74, 6) is 1.75. The van der Waals surface area contributed by atoms with Crippen LogP contribution in [0.15, 0.2) is 27.3 Å². The van der Waals surface area contributed by atoms with E-state index < -0.39 is 0 Å². The van der Waals surface area contributed by atoms with Crippen molar-refractivity contribution in [3.05, 3.63) is 24.3 Å². The summed E-state index contributed by atoms with van der Waals surface area (Å²) in [6.07, 6.45) is 1.58. The van der Waals surface area contributed by atoms with Crippen LogP contribution >= 0.6 is 0 Å². The first kappa shape index (κ1) is 12.9. The van der Waals surface area contributed by atoms with Crippen molar-refractivity contribution in [3.63, 3.8) is 0 Å². The maximum Gasteiger partial charge on any atom is 0.241 e. The van der Waals surface area contributed by atoms with Gasteiger partial charge in [0.25, 0.3) is 0 Å². The predicted molar refractivity (Wildman–Crippen MR) is 69.5 cm³/mol. The molecule has 0 bridgehead atoms. The number of aromatic nitrogens is 2. The number of amides is 1. The second kappa shape index (κ2) is 5.46. The lowest BCUT2D eigenvalue weighted by molar-refractivity contribution is -0.130. The summed E-state index contributed by atoms with van der Waals surface area (Å²) < 4.78 is 10.4. The summed E-state index contributed by atoms with van der Waals surface area (Å²) in [6.45, 7) is 5.32. The summed E-state index contributed by atoms with van der Waals surface area (Å²) in [5.41, 5.74) is 0. The van der Waals surface area contributed by atoms with Gasteiger partial charge in [-0.15, -0.1) is 0 Å². The van der Waals surface area contributed by atoms with Gasteiger partial charge in [-0.25, -0.2) is 0 Å². The van der Waals surface area contributed by atoms with E-state index >= 15 is 0 Å². The van der Waals surface area contributed by atoms with Crippen molar-refractivity contribution in [2.75, 3.05) is 26.2 Å². The number of carbonyl (C=O) groups is 1. The summed E-state index contributed by atoms with van der Waals surface area (Å²) in [5, 5.41) is 3.90. The lowest BCUT2D eigenvalue weighted by atomic mass is 10.3. The Bertz CT molecular complexity index is 570.